The SMILES string of the molecule is CCN1CCN(CCCNC(=O)C(NC(=O)CC(C)C)c2ccccc2)CC1. The topological polar surface area (TPSA) is 64.7 Å². The first-order chi connectivity index (χ1) is 13.5. The highest BCUT2D eigenvalue weighted by atomic mass is 16.2. The maximum absolute atomic E-state index is 12.8. The Morgan fingerprint density at radius 3 is 2.29 bits per heavy atom. The van der Waals surface area contributed by atoms with E-state index in [1.807, 2.05) is 44.2 Å². The van der Waals surface area contributed by atoms with E-state index in [4.69, 9.17) is 0 Å². The maximum Gasteiger partial charge on any atom is 0.247 e. The van der Waals surface area contributed by atoms with E-state index in [2.05, 4.69) is 27.4 Å². The van der Waals surface area contributed by atoms with Gasteiger partial charge in [0.15, 0.2) is 0 Å². The molecule has 2 amide bonds. The van der Waals surface area contributed by atoms with Crippen LogP contribution in [-0.2, 0) is 9.59 Å². The minimum absolute atomic E-state index is 0.0900. The van der Waals surface area contributed by atoms with Gasteiger partial charge in [-0.3, -0.25) is 9.59 Å². The molecule has 156 valence electrons. The molecule has 2 rings (SSSR count). The van der Waals surface area contributed by atoms with E-state index < -0.39 is 6.04 Å². The first-order valence-electron chi connectivity index (χ1n) is 10.6. The van der Waals surface area contributed by atoms with Crippen molar-refractivity contribution in [2.45, 2.75) is 39.7 Å². The summed E-state index contributed by atoms with van der Waals surface area (Å²) in [6.45, 7) is 13.4. The molecule has 1 aliphatic rings. The van der Waals surface area contributed by atoms with Crippen molar-refractivity contribution in [3.8, 4) is 0 Å². The van der Waals surface area contributed by atoms with Gasteiger partial charge in [-0.25, -0.2) is 0 Å². The lowest BCUT2D eigenvalue weighted by Crippen LogP contribution is -2.47. The summed E-state index contributed by atoms with van der Waals surface area (Å²) in [4.78, 5) is 29.9. The average molecular weight is 389 g/mol. The normalized spacial score (nSPS) is 16.7. The van der Waals surface area contributed by atoms with Crippen LogP contribution < -0.4 is 10.6 Å². The fraction of sp³-hybridized carbons (Fsp3) is 0.636. The van der Waals surface area contributed by atoms with E-state index in [-0.39, 0.29) is 17.7 Å². The van der Waals surface area contributed by atoms with Crippen LogP contribution in [0.2, 0.25) is 0 Å². The van der Waals surface area contributed by atoms with Gasteiger partial charge in [-0.1, -0.05) is 51.1 Å². The van der Waals surface area contributed by atoms with Crippen LogP contribution in [0.25, 0.3) is 0 Å². The van der Waals surface area contributed by atoms with Crippen molar-refractivity contribution in [2.24, 2.45) is 5.92 Å². The van der Waals surface area contributed by atoms with Crippen LogP contribution >= 0.6 is 0 Å². The molecule has 2 N–H and O–H groups in total. The first kappa shape index (κ1) is 22.4. The lowest BCUT2D eigenvalue weighted by atomic mass is 10.0. The molecule has 0 bridgehead atoms. The van der Waals surface area contributed by atoms with Crippen LogP contribution in [0.4, 0.5) is 0 Å². The second-order valence-corrected chi connectivity index (χ2v) is 7.93. The zero-order valence-corrected chi connectivity index (χ0v) is 17.6. The number of hydrogen-bond acceptors (Lipinski definition) is 4. The highest BCUT2D eigenvalue weighted by Gasteiger charge is 2.22. The fourth-order valence-electron chi connectivity index (χ4n) is 3.48. The lowest BCUT2D eigenvalue weighted by Gasteiger charge is -2.34. The predicted molar refractivity (Wildman–Crippen MR) is 113 cm³/mol. The smallest absolute Gasteiger partial charge is 0.247 e. The summed E-state index contributed by atoms with van der Waals surface area (Å²) >= 11 is 0. The summed E-state index contributed by atoms with van der Waals surface area (Å²) in [6, 6.07) is 8.81. The Morgan fingerprint density at radius 1 is 1.04 bits per heavy atom. The molecule has 1 atom stereocenters. The van der Waals surface area contributed by atoms with Gasteiger partial charge in [-0.2, -0.15) is 0 Å². The first-order valence-corrected chi connectivity index (χ1v) is 10.6. The largest absolute Gasteiger partial charge is 0.354 e. The molecule has 0 aromatic heterocycles. The Morgan fingerprint density at radius 2 is 1.68 bits per heavy atom. The van der Waals surface area contributed by atoms with E-state index in [1.54, 1.807) is 0 Å². The second-order valence-electron chi connectivity index (χ2n) is 7.93. The molecular weight excluding hydrogens is 352 g/mol. The van der Waals surface area contributed by atoms with Crippen molar-refractivity contribution < 1.29 is 9.59 Å². The van der Waals surface area contributed by atoms with E-state index >= 15 is 0 Å². The molecule has 0 spiro atoms. The van der Waals surface area contributed by atoms with Gasteiger partial charge in [-0.05, 0) is 31.0 Å². The fourth-order valence-corrected chi connectivity index (χ4v) is 3.48. The number of hydrogen-bond donors (Lipinski definition) is 2. The number of nitrogens with zero attached hydrogens (tertiary/aromatic N) is 2. The van der Waals surface area contributed by atoms with Crippen molar-refractivity contribution >= 4 is 11.8 Å². The summed E-state index contributed by atoms with van der Waals surface area (Å²) in [7, 11) is 0. The van der Waals surface area contributed by atoms with Crippen LogP contribution in [-0.4, -0.2) is 67.4 Å². The number of benzene rings is 1. The van der Waals surface area contributed by atoms with Crippen LogP contribution in [0.5, 0.6) is 0 Å². The van der Waals surface area contributed by atoms with Crippen molar-refractivity contribution in [2.75, 3.05) is 45.8 Å². The Kier molecular flexibility index (Phi) is 9.44. The highest BCUT2D eigenvalue weighted by molar-refractivity contribution is 5.88. The van der Waals surface area contributed by atoms with E-state index in [1.165, 1.54) is 0 Å². The van der Waals surface area contributed by atoms with E-state index in [0.717, 1.165) is 51.3 Å². The van der Waals surface area contributed by atoms with Gasteiger partial charge in [0.05, 0.1) is 0 Å². The van der Waals surface area contributed by atoms with Gasteiger partial charge in [0.1, 0.15) is 6.04 Å². The van der Waals surface area contributed by atoms with E-state index in [9.17, 15) is 9.59 Å². The minimum Gasteiger partial charge on any atom is -0.354 e. The van der Waals surface area contributed by atoms with Crippen molar-refractivity contribution in [3.63, 3.8) is 0 Å². The molecule has 6 heteroatoms. The number of likely N-dealkylation sites (N-methyl/N-ethyl adjacent to an activating group) is 1. The molecule has 1 aromatic carbocycles. The Bertz CT molecular complexity index is 598. The standard InChI is InChI=1S/C22H36N4O2/c1-4-25-13-15-26(16-14-25)12-8-11-23-22(28)21(19-9-6-5-7-10-19)24-20(27)17-18(2)3/h5-7,9-10,18,21H,4,8,11-17H2,1-3H3,(H,23,28)(H,24,27). The minimum atomic E-state index is -0.638. The van der Waals surface area contributed by atoms with Crippen molar-refractivity contribution in [3.05, 3.63) is 35.9 Å². The molecule has 0 saturated carbocycles. The van der Waals surface area contributed by atoms with Gasteiger partial charge in [0.2, 0.25) is 11.8 Å². The number of rotatable bonds is 10. The number of piperazine rings is 1. The number of nitrogens with one attached hydrogen (secondary N) is 2. The van der Waals surface area contributed by atoms with Gasteiger partial charge < -0.3 is 20.4 Å². The van der Waals surface area contributed by atoms with Crippen LogP contribution in [0.3, 0.4) is 0 Å². The number of carbonyl (C=O) groups is 2. The van der Waals surface area contributed by atoms with Gasteiger partial charge >= 0.3 is 0 Å². The van der Waals surface area contributed by atoms with E-state index in [0.29, 0.717) is 13.0 Å². The Hall–Kier alpha value is -1.92. The highest BCUT2D eigenvalue weighted by Crippen LogP contribution is 2.14. The quantitative estimate of drug-likeness (QED) is 0.602. The molecule has 28 heavy (non-hydrogen) atoms. The summed E-state index contributed by atoms with van der Waals surface area (Å²) in [6.07, 6.45) is 1.33. The lowest BCUT2D eigenvalue weighted by molar-refractivity contribution is -0.129. The van der Waals surface area contributed by atoms with Crippen LogP contribution in [0, 0.1) is 5.92 Å². The van der Waals surface area contributed by atoms with Gasteiger partial charge in [0, 0.05) is 39.1 Å². The summed E-state index contributed by atoms with van der Waals surface area (Å²) in [5.41, 5.74) is 0.813. The third-order valence-electron chi connectivity index (χ3n) is 5.16. The summed E-state index contributed by atoms with van der Waals surface area (Å²) in [5, 5.41) is 5.91. The summed E-state index contributed by atoms with van der Waals surface area (Å²) in [5.74, 6) is 0.0274. The molecule has 1 fully saturated rings. The van der Waals surface area contributed by atoms with Crippen LogP contribution in [0.1, 0.15) is 45.2 Å². The predicted octanol–water partition coefficient (Wildman–Crippen LogP) is 2.03. The molecule has 1 unspecified atom stereocenters. The molecule has 1 aromatic rings. The molecule has 6 nitrogen and oxygen atoms in total. The molecule has 1 heterocycles. The number of amides is 2. The Balaban J connectivity index is 1.80. The second kappa shape index (κ2) is 11.8. The molecule has 0 radical (unpaired) electrons. The third kappa shape index (κ3) is 7.60. The zero-order chi connectivity index (χ0) is 20.4. The van der Waals surface area contributed by atoms with Crippen molar-refractivity contribution in [1.82, 2.24) is 20.4 Å². The molecule has 1 aliphatic heterocycles. The zero-order valence-electron chi connectivity index (χ0n) is 17.6. The molecule has 0 aliphatic carbocycles. The molecule has 1 saturated heterocycles. The average Bonchev–Trinajstić information content (AvgIpc) is 2.70. The monoisotopic (exact) mass is 388 g/mol. The molecular formula is C22H36N4O2. The maximum atomic E-state index is 12.8. The summed E-state index contributed by atoms with van der Waals surface area (Å²) < 4.78 is 0. The van der Waals surface area contributed by atoms with Crippen LogP contribution in [0.15, 0.2) is 30.3 Å². The third-order valence-corrected chi connectivity index (χ3v) is 5.16. The van der Waals surface area contributed by atoms with Gasteiger partial charge in [-0.15, -0.1) is 0 Å². The number of carbonyl (C=O) groups excluding carboxylic acids is 2. The van der Waals surface area contributed by atoms with Crippen molar-refractivity contribution in [1.29, 1.82) is 0 Å². The van der Waals surface area contributed by atoms with Gasteiger partial charge in [0.25, 0.3) is 0 Å². The Labute approximate surface area is 169 Å².